The molecule has 2 atom stereocenters. The molecule has 0 aliphatic carbocycles. The van der Waals surface area contributed by atoms with Crippen molar-refractivity contribution in [2.75, 3.05) is 19.6 Å². The summed E-state index contributed by atoms with van der Waals surface area (Å²) < 4.78 is 0. The van der Waals surface area contributed by atoms with Crippen LogP contribution in [0.3, 0.4) is 0 Å². The maximum atomic E-state index is 13.0. The summed E-state index contributed by atoms with van der Waals surface area (Å²) in [4.78, 5) is 21.7. The molecule has 0 radical (unpaired) electrons. The molecule has 7 heteroatoms. The Labute approximate surface area is 184 Å². The van der Waals surface area contributed by atoms with Crippen LogP contribution in [0.4, 0.5) is 0 Å². The van der Waals surface area contributed by atoms with E-state index in [2.05, 4.69) is 50.3 Å². The molecule has 0 saturated carbocycles. The molecule has 2 unspecified atom stereocenters. The van der Waals surface area contributed by atoms with Crippen molar-refractivity contribution in [1.29, 1.82) is 0 Å². The molecule has 1 aromatic carbocycles. The maximum absolute atomic E-state index is 13.0. The van der Waals surface area contributed by atoms with Gasteiger partial charge in [0, 0.05) is 43.1 Å². The highest BCUT2D eigenvalue weighted by Crippen LogP contribution is 2.29. The fourth-order valence-electron chi connectivity index (χ4n) is 4.21. The number of carbonyl (C=O) groups excluding carboxylic acids is 1. The van der Waals surface area contributed by atoms with E-state index in [0.717, 1.165) is 55.3 Å². The van der Waals surface area contributed by atoms with Gasteiger partial charge in [0.25, 0.3) is 5.91 Å². The molecule has 1 amide bonds. The highest BCUT2D eigenvalue weighted by atomic mass is 16.1. The molecule has 4 N–H and O–H groups in total. The number of aliphatic imine (C=N–C) groups is 1. The fourth-order valence-corrected chi connectivity index (χ4v) is 4.21. The lowest BCUT2D eigenvalue weighted by molar-refractivity contribution is 0.0950. The predicted molar refractivity (Wildman–Crippen MR) is 123 cm³/mol. The van der Waals surface area contributed by atoms with E-state index in [9.17, 15) is 4.79 Å². The molecule has 2 aliphatic heterocycles. The van der Waals surface area contributed by atoms with Crippen LogP contribution in [0, 0.1) is 6.92 Å². The Morgan fingerprint density at radius 3 is 2.81 bits per heavy atom. The molecule has 164 valence electrons. The Kier molecular flexibility index (Phi) is 6.82. The zero-order chi connectivity index (χ0) is 21.6. The van der Waals surface area contributed by atoms with E-state index in [1.54, 1.807) is 0 Å². The van der Waals surface area contributed by atoms with E-state index in [0.29, 0.717) is 30.6 Å². The van der Waals surface area contributed by atoms with Crippen LogP contribution in [0.1, 0.15) is 58.4 Å². The molecule has 2 aliphatic rings. The van der Waals surface area contributed by atoms with Crippen LogP contribution in [0.25, 0.3) is 0 Å². The van der Waals surface area contributed by atoms with E-state index < -0.39 is 0 Å². The van der Waals surface area contributed by atoms with Crippen molar-refractivity contribution >= 4 is 11.9 Å². The minimum absolute atomic E-state index is 0.0537. The summed E-state index contributed by atoms with van der Waals surface area (Å²) in [6.45, 7) is 7.98. The standard InChI is InChI=1S/C24H32N6O/c1-16-3-4-18(13-28-16)14-29-23(31)22-11-19(15-30-24-26-7-8-27-24)10-21(12-22)20-5-6-25-17(2)9-20/h3-4,10-13,17,20,25H,5-9,14-15H2,1-2H3,(H,29,31)(H2,26,27,30). The van der Waals surface area contributed by atoms with Gasteiger partial charge in [-0.2, -0.15) is 0 Å². The smallest absolute Gasteiger partial charge is 0.251 e. The molecule has 0 bridgehead atoms. The topological polar surface area (TPSA) is 90.4 Å². The first-order chi connectivity index (χ1) is 15.1. The Bertz CT molecular complexity index is 940. The van der Waals surface area contributed by atoms with Crippen LogP contribution >= 0.6 is 0 Å². The van der Waals surface area contributed by atoms with Crippen molar-refractivity contribution in [2.24, 2.45) is 4.99 Å². The molecule has 1 saturated heterocycles. The van der Waals surface area contributed by atoms with Crippen LogP contribution in [0.2, 0.25) is 0 Å². The summed E-state index contributed by atoms with van der Waals surface area (Å²) in [5.74, 6) is 1.24. The number of hydrogen-bond acceptors (Lipinski definition) is 6. The van der Waals surface area contributed by atoms with Gasteiger partial charge in [0.15, 0.2) is 5.96 Å². The van der Waals surface area contributed by atoms with Crippen molar-refractivity contribution < 1.29 is 4.79 Å². The molecule has 31 heavy (non-hydrogen) atoms. The zero-order valence-electron chi connectivity index (χ0n) is 18.4. The minimum atomic E-state index is -0.0537. The Hall–Kier alpha value is -2.93. The number of aryl methyl sites for hydroxylation is 1. The monoisotopic (exact) mass is 420 g/mol. The van der Waals surface area contributed by atoms with E-state index in [1.165, 1.54) is 5.56 Å². The molecular weight excluding hydrogens is 388 g/mol. The normalized spacial score (nSPS) is 20.6. The number of amides is 1. The molecule has 1 aromatic heterocycles. The summed E-state index contributed by atoms with van der Waals surface area (Å²) in [5, 5.41) is 13.2. The summed E-state index contributed by atoms with van der Waals surface area (Å²) in [6, 6.07) is 10.7. The number of rotatable bonds is 6. The predicted octanol–water partition coefficient (Wildman–Crippen LogP) is 2.22. The van der Waals surface area contributed by atoms with Crippen LogP contribution in [-0.4, -0.2) is 42.5 Å². The fraction of sp³-hybridized carbons (Fsp3) is 0.458. The number of hydrogen-bond donors (Lipinski definition) is 4. The van der Waals surface area contributed by atoms with Crippen LogP contribution in [0.5, 0.6) is 0 Å². The second-order valence-corrected chi connectivity index (χ2v) is 8.54. The molecule has 3 heterocycles. The number of piperidine rings is 1. The molecule has 4 rings (SSSR count). The van der Waals surface area contributed by atoms with E-state index in [1.807, 2.05) is 31.3 Å². The number of benzene rings is 1. The number of carbonyl (C=O) groups is 1. The highest BCUT2D eigenvalue weighted by Gasteiger charge is 2.22. The molecule has 1 fully saturated rings. The maximum Gasteiger partial charge on any atom is 0.251 e. The van der Waals surface area contributed by atoms with Gasteiger partial charge in [0.2, 0.25) is 0 Å². The van der Waals surface area contributed by atoms with Crippen LogP contribution in [0.15, 0.2) is 41.5 Å². The Morgan fingerprint density at radius 2 is 2.06 bits per heavy atom. The van der Waals surface area contributed by atoms with Gasteiger partial charge >= 0.3 is 0 Å². The quantitative estimate of drug-likeness (QED) is 0.575. The Balaban J connectivity index is 1.50. The van der Waals surface area contributed by atoms with Crippen molar-refractivity contribution in [1.82, 2.24) is 26.3 Å². The van der Waals surface area contributed by atoms with E-state index >= 15 is 0 Å². The number of aromatic nitrogens is 1. The van der Waals surface area contributed by atoms with Crippen molar-refractivity contribution in [3.05, 3.63) is 64.5 Å². The van der Waals surface area contributed by atoms with Crippen molar-refractivity contribution in [3.63, 3.8) is 0 Å². The van der Waals surface area contributed by atoms with Crippen molar-refractivity contribution in [3.8, 4) is 0 Å². The van der Waals surface area contributed by atoms with Crippen LogP contribution in [-0.2, 0) is 13.1 Å². The first-order valence-corrected chi connectivity index (χ1v) is 11.2. The number of nitrogens with zero attached hydrogens (tertiary/aromatic N) is 2. The van der Waals surface area contributed by atoms with Crippen molar-refractivity contribution in [2.45, 2.75) is 51.7 Å². The average molecular weight is 421 g/mol. The van der Waals surface area contributed by atoms with E-state index in [4.69, 9.17) is 0 Å². The molecule has 2 aromatic rings. The number of guanidine groups is 1. The Morgan fingerprint density at radius 1 is 1.16 bits per heavy atom. The summed E-state index contributed by atoms with van der Waals surface area (Å²) in [5.41, 5.74) is 5.02. The van der Waals surface area contributed by atoms with Gasteiger partial charge in [-0.25, -0.2) is 0 Å². The van der Waals surface area contributed by atoms with Gasteiger partial charge in [0.05, 0.1) is 6.54 Å². The first kappa shape index (κ1) is 21.3. The van der Waals surface area contributed by atoms with Gasteiger partial charge in [-0.05, 0) is 74.0 Å². The van der Waals surface area contributed by atoms with Crippen LogP contribution < -0.4 is 21.3 Å². The zero-order valence-corrected chi connectivity index (χ0v) is 18.4. The minimum Gasteiger partial charge on any atom is -0.355 e. The third kappa shape index (κ3) is 5.82. The van der Waals surface area contributed by atoms with Gasteiger partial charge < -0.3 is 21.3 Å². The second-order valence-electron chi connectivity index (χ2n) is 8.54. The lowest BCUT2D eigenvalue weighted by Crippen LogP contribution is -2.35. The molecule has 7 nitrogen and oxygen atoms in total. The SMILES string of the molecule is Cc1ccc(CNC(=O)c2cc(CNC3=NCCN3)cc(C3CCNC(C)C3)c2)cn1. The highest BCUT2D eigenvalue weighted by molar-refractivity contribution is 5.94. The van der Waals surface area contributed by atoms with Gasteiger partial charge in [0.1, 0.15) is 0 Å². The summed E-state index contributed by atoms with van der Waals surface area (Å²) >= 11 is 0. The average Bonchev–Trinajstić information content (AvgIpc) is 3.31. The van der Waals surface area contributed by atoms with Gasteiger partial charge in [-0.15, -0.1) is 0 Å². The lowest BCUT2D eigenvalue weighted by Gasteiger charge is -2.29. The third-order valence-electron chi connectivity index (χ3n) is 5.93. The van der Waals surface area contributed by atoms with E-state index in [-0.39, 0.29) is 5.91 Å². The first-order valence-electron chi connectivity index (χ1n) is 11.2. The largest absolute Gasteiger partial charge is 0.355 e. The molecular formula is C24H32N6O. The van der Waals surface area contributed by atoms with Gasteiger partial charge in [-0.1, -0.05) is 12.1 Å². The summed E-state index contributed by atoms with van der Waals surface area (Å²) in [6.07, 6.45) is 3.99. The second kappa shape index (κ2) is 9.92. The lowest BCUT2D eigenvalue weighted by atomic mass is 9.85. The van der Waals surface area contributed by atoms with Gasteiger partial charge in [-0.3, -0.25) is 14.8 Å². The number of nitrogens with one attached hydrogen (secondary N) is 4. The summed E-state index contributed by atoms with van der Waals surface area (Å²) in [7, 11) is 0. The number of pyridine rings is 1. The third-order valence-corrected chi connectivity index (χ3v) is 5.93. The molecule has 0 spiro atoms.